The van der Waals surface area contributed by atoms with E-state index in [1.54, 1.807) is 85.3 Å². The van der Waals surface area contributed by atoms with Crippen molar-refractivity contribution in [3.05, 3.63) is 171 Å². The number of carboxylic acids is 1. The van der Waals surface area contributed by atoms with Gasteiger partial charge < -0.3 is 15.2 Å². The smallest absolute Gasteiger partial charge is 0.327 e. The average Bonchev–Trinajstić information content (AvgIpc) is 3.25. The van der Waals surface area contributed by atoms with Crippen LogP contribution < -0.4 is 22.0 Å². The van der Waals surface area contributed by atoms with Gasteiger partial charge in [-0.2, -0.15) is 15.3 Å². The Kier molecular flexibility index (Phi) is 14.4. The Balaban J connectivity index is 0.000000168. The van der Waals surface area contributed by atoms with Crippen molar-refractivity contribution in [1.82, 2.24) is 44.3 Å². The summed E-state index contributed by atoms with van der Waals surface area (Å²) in [6.45, 7) is -0.829. The van der Waals surface area contributed by atoms with E-state index in [0.29, 0.717) is 39.9 Å². The number of hydrogen-bond acceptors (Lipinski definition) is 13. The quantitative estimate of drug-likeness (QED) is 0.190. The van der Waals surface area contributed by atoms with Gasteiger partial charge in [0.25, 0.3) is 16.7 Å². The predicted octanol–water partition coefficient (Wildman–Crippen LogP) is 2.81. The predicted molar refractivity (Wildman–Crippen MR) is 210 cm³/mol. The molecule has 0 aliphatic rings. The van der Waals surface area contributed by atoms with Crippen molar-refractivity contribution < 1.29 is 24.2 Å². The zero-order valence-electron chi connectivity index (χ0n) is 30.7. The average molecular weight is 783 g/mol. The third-order valence-corrected chi connectivity index (χ3v) is 7.52. The normalized spacial score (nSPS) is 10.2. The lowest BCUT2D eigenvalue weighted by Crippen LogP contribution is -2.29. The molecule has 6 aromatic heterocycles. The molecule has 0 atom stereocenters. The van der Waals surface area contributed by atoms with Crippen LogP contribution in [0.3, 0.4) is 0 Å². The summed E-state index contributed by atoms with van der Waals surface area (Å²) in [5, 5.41) is 23.6. The molecular formula is C40H34N10O8. The number of carbonyl (C=O) groups is 3. The number of esters is 1. The Morgan fingerprint density at radius 3 is 1.29 bits per heavy atom. The van der Waals surface area contributed by atoms with E-state index in [-0.39, 0.29) is 30.1 Å². The van der Waals surface area contributed by atoms with Gasteiger partial charge in [0.2, 0.25) is 5.91 Å². The van der Waals surface area contributed by atoms with Gasteiger partial charge in [0.05, 0.1) is 24.2 Å². The van der Waals surface area contributed by atoms with E-state index in [0.717, 1.165) is 14.0 Å². The van der Waals surface area contributed by atoms with Crippen LogP contribution in [0.4, 0.5) is 5.69 Å². The number of anilines is 1. The Morgan fingerprint density at radius 1 is 0.517 bits per heavy atom. The molecule has 0 unspecified atom stereocenters. The molecule has 0 aliphatic heterocycles. The Labute approximate surface area is 328 Å². The number of amides is 1. The van der Waals surface area contributed by atoms with E-state index in [9.17, 15) is 28.8 Å². The maximum atomic E-state index is 12.1. The second-order valence-corrected chi connectivity index (χ2v) is 11.7. The highest BCUT2D eigenvalue weighted by atomic mass is 16.5. The molecule has 18 nitrogen and oxygen atoms in total. The molecular weight excluding hydrogens is 749 g/mol. The van der Waals surface area contributed by atoms with Crippen LogP contribution in [-0.4, -0.2) is 74.4 Å². The zero-order valence-corrected chi connectivity index (χ0v) is 30.7. The van der Waals surface area contributed by atoms with Crippen molar-refractivity contribution in [2.75, 3.05) is 12.4 Å². The van der Waals surface area contributed by atoms with E-state index in [2.05, 4.69) is 40.3 Å². The summed E-state index contributed by atoms with van der Waals surface area (Å²) in [6.07, 6.45) is 4.88. The van der Waals surface area contributed by atoms with Gasteiger partial charge in [0.15, 0.2) is 0 Å². The van der Waals surface area contributed by atoms with Crippen LogP contribution in [0.2, 0.25) is 0 Å². The van der Waals surface area contributed by atoms with Crippen LogP contribution >= 0.6 is 0 Å². The number of para-hydroxylation sites is 1. The molecule has 2 N–H and O–H groups in total. The number of aliphatic carboxylic acids is 1. The van der Waals surface area contributed by atoms with Crippen LogP contribution in [0.1, 0.15) is 0 Å². The monoisotopic (exact) mass is 782 g/mol. The number of ether oxygens (including phenoxy) is 1. The number of carbonyl (C=O) groups excluding carboxylic acids is 2. The molecule has 0 fully saturated rings. The SMILES string of the molecule is COC(=O)Cn1nc(-c2ccccn2)ccc1=O.O=C(Cn1nc(-c2ccccn2)ccc1=O)Nc1ccccc1.O=C(O)Cn1nc(-c2ccccn2)ccc1=O. The summed E-state index contributed by atoms with van der Waals surface area (Å²) in [7, 11) is 1.26. The van der Waals surface area contributed by atoms with Crippen LogP contribution in [0.5, 0.6) is 0 Å². The van der Waals surface area contributed by atoms with Crippen LogP contribution in [-0.2, 0) is 38.8 Å². The molecule has 292 valence electrons. The third kappa shape index (κ3) is 12.1. The number of carboxylic acid groups (broad SMARTS) is 1. The Morgan fingerprint density at radius 2 is 0.914 bits per heavy atom. The van der Waals surface area contributed by atoms with Gasteiger partial charge in [-0.25, -0.2) is 14.0 Å². The molecule has 7 rings (SSSR count). The highest BCUT2D eigenvalue weighted by molar-refractivity contribution is 5.90. The number of nitrogens with zero attached hydrogens (tertiary/aromatic N) is 9. The molecule has 0 saturated carbocycles. The highest BCUT2D eigenvalue weighted by Crippen LogP contribution is 2.13. The van der Waals surface area contributed by atoms with E-state index in [1.165, 1.54) is 31.4 Å². The topological polar surface area (TPSA) is 236 Å². The second-order valence-electron chi connectivity index (χ2n) is 11.7. The Bertz CT molecular complexity index is 2640. The number of aromatic nitrogens is 9. The summed E-state index contributed by atoms with van der Waals surface area (Å²) in [5.74, 6) is -1.95. The number of benzene rings is 1. The molecule has 0 aliphatic carbocycles. The summed E-state index contributed by atoms with van der Waals surface area (Å²) in [4.78, 5) is 80.9. The molecule has 0 spiro atoms. The first-order valence-electron chi connectivity index (χ1n) is 17.2. The van der Waals surface area contributed by atoms with E-state index in [4.69, 9.17) is 5.11 Å². The Hall–Kier alpha value is -8.28. The molecule has 1 amide bonds. The van der Waals surface area contributed by atoms with Crippen molar-refractivity contribution >= 4 is 23.5 Å². The van der Waals surface area contributed by atoms with Crippen molar-refractivity contribution in [2.45, 2.75) is 19.6 Å². The minimum Gasteiger partial charge on any atom is -0.480 e. The fraction of sp³-hybridized carbons (Fsp3) is 0.100. The number of rotatable bonds is 10. The van der Waals surface area contributed by atoms with Gasteiger partial charge in [-0.05, 0) is 66.7 Å². The molecule has 18 heteroatoms. The fourth-order valence-corrected chi connectivity index (χ4v) is 4.81. The van der Waals surface area contributed by atoms with Gasteiger partial charge in [0, 0.05) is 42.5 Å². The van der Waals surface area contributed by atoms with Crippen molar-refractivity contribution in [3.63, 3.8) is 0 Å². The minimum absolute atomic E-state index is 0.158. The van der Waals surface area contributed by atoms with Crippen LogP contribution in [0.15, 0.2) is 154 Å². The van der Waals surface area contributed by atoms with Crippen molar-refractivity contribution in [1.29, 1.82) is 0 Å². The third-order valence-electron chi connectivity index (χ3n) is 7.52. The van der Waals surface area contributed by atoms with Gasteiger partial charge in [-0.15, -0.1) is 0 Å². The number of methoxy groups -OCH3 is 1. The fourth-order valence-electron chi connectivity index (χ4n) is 4.81. The first-order valence-corrected chi connectivity index (χ1v) is 17.2. The highest BCUT2D eigenvalue weighted by Gasteiger charge is 2.10. The molecule has 1 aromatic carbocycles. The lowest BCUT2D eigenvalue weighted by atomic mass is 10.2. The van der Waals surface area contributed by atoms with Crippen LogP contribution in [0, 0.1) is 0 Å². The maximum absolute atomic E-state index is 12.1. The van der Waals surface area contributed by atoms with Gasteiger partial charge in [0.1, 0.15) is 36.7 Å². The van der Waals surface area contributed by atoms with Crippen LogP contribution in [0.25, 0.3) is 34.2 Å². The molecule has 0 saturated heterocycles. The molecule has 7 aromatic rings. The van der Waals surface area contributed by atoms with Gasteiger partial charge in [-0.1, -0.05) is 36.4 Å². The molecule has 0 radical (unpaired) electrons. The van der Waals surface area contributed by atoms with E-state index < -0.39 is 24.0 Å². The van der Waals surface area contributed by atoms with E-state index in [1.807, 2.05) is 30.3 Å². The summed E-state index contributed by atoms with van der Waals surface area (Å²) < 4.78 is 7.57. The molecule has 0 bridgehead atoms. The zero-order chi connectivity index (χ0) is 41.3. The van der Waals surface area contributed by atoms with Gasteiger partial charge in [-0.3, -0.25) is 43.7 Å². The lowest BCUT2D eigenvalue weighted by molar-refractivity contribution is -0.141. The van der Waals surface area contributed by atoms with Crippen molar-refractivity contribution in [2.24, 2.45) is 0 Å². The van der Waals surface area contributed by atoms with Gasteiger partial charge >= 0.3 is 11.9 Å². The standard InChI is InChI=1S/C17H14N4O2.C12H11N3O3.C11H9N3O3/c22-16(19-13-6-2-1-3-7-13)12-21-17(23)10-9-15(20-21)14-8-4-5-11-18-14;1-18-12(17)8-15-11(16)6-5-10(14-15)9-4-2-3-7-13-9;15-10-5-4-9(8-3-1-2-6-12-8)13-14(10)7-11(16)17/h1-11H,12H2,(H,19,22);2-7H,8H2,1H3;1-6H,7H2,(H,16,17). The first-order chi connectivity index (χ1) is 28.1. The first kappa shape index (κ1) is 40.9. The second kappa shape index (κ2) is 20.4. The lowest BCUT2D eigenvalue weighted by Gasteiger charge is -2.08. The van der Waals surface area contributed by atoms with Crippen molar-refractivity contribution in [3.8, 4) is 34.2 Å². The number of pyridine rings is 3. The number of hydrogen-bond donors (Lipinski definition) is 2. The largest absolute Gasteiger partial charge is 0.480 e. The summed E-state index contributed by atoms with van der Waals surface area (Å²) in [6, 6.07) is 33.8. The summed E-state index contributed by atoms with van der Waals surface area (Å²) >= 11 is 0. The maximum Gasteiger partial charge on any atom is 0.327 e. The molecule has 58 heavy (non-hydrogen) atoms. The minimum atomic E-state index is -1.11. The summed E-state index contributed by atoms with van der Waals surface area (Å²) in [5.41, 5.74) is 2.92. The molecule has 6 heterocycles. The van der Waals surface area contributed by atoms with E-state index >= 15 is 0 Å². The number of nitrogens with one attached hydrogen (secondary N) is 1.